The van der Waals surface area contributed by atoms with Crippen molar-refractivity contribution in [3.8, 4) is 6.07 Å². The summed E-state index contributed by atoms with van der Waals surface area (Å²) >= 11 is 0. The van der Waals surface area contributed by atoms with Gasteiger partial charge in [0.1, 0.15) is 0 Å². The highest BCUT2D eigenvalue weighted by Gasteiger charge is 2.33. The second-order valence-corrected chi connectivity index (χ2v) is 4.13. The van der Waals surface area contributed by atoms with Crippen molar-refractivity contribution in [1.29, 1.82) is 5.26 Å². The lowest BCUT2D eigenvalue weighted by Gasteiger charge is -2.16. The molecule has 1 aromatic rings. The van der Waals surface area contributed by atoms with Crippen LogP contribution in [0.2, 0.25) is 0 Å². The molecule has 0 aliphatic rings. The van der Waals surface area contributed by atoms with E-state index in [-0.39, 0.29) is 12.5 Å². The van der Waals surface area contributed by atoms with E-state index in [1.807, 2.05) is 6.92 Å². The molecule has 0 unspecified atom stereocenters. The van der Waals surface area contributed by atoms with Crippen molar-refractivity contribution in [3.63, 3.8) is 0 Å². The Morgan fingerprint density at radius 3 is 2.60 bits per heavy atom. The van der Waals surface area contributed by atoms with Gasteiger partial charge in [0.2, 0.25) is 5.91 Å². The number of nitriles is 1. The van der Waals surface area contributed by atoms with Crippen molar-refractivity contribution in [2.45, 2.75) is 13.1 Å². The van der Waals surface area contributed by atoms with Crippen LogP contribution in [-0.4, -0.2) is 30.9 Å². The number of hydrogen-bond acceptors (Lipinski definition) is 3. The number of rotatable bonds is 4. The lowest BCUT2D eigenvalue weighted by Crippen LogP contribution is -2.31. The molecule has 1 rings (SSSR count). The summed E-state index contributed by atoms with van der Waals surface area (Å²) in [7, 11) is 1.62. The van der Waals surface area contributed by atoms with Gasteiger partial charge in [-0.05, 0) is 25.1 Å². The number of carbonyl (C=O) groups excluding carboxylic acids is 1. The van der Waals surface area contributed by atoms with Gasteiger partial charge >= 0.3 is 6.18 Å². The number of alkyl halides is 3. The fourth-order valence-electron chi connectivity index (χ4n) is 1.48. The van der Waals surface area contributed by atoms with Crippen LogP contribution in [-0.2, 0) is 11.0 Å². The number of benzene rings is 1. The van der Waals surface area contributed by atoms with Crippen molar-refractivity contribution in [2.75, 3.05) is 25.5 Å². The van der Waals surface area contributed by atoms with Crippen LogP contribution in [0.3, 0.4) is 0 Å². The van der Waals surface area contributed by atoms with Crippen molar-refractivity contribution in [2.24, 2.45) is 0 Å². The third-order valence-electron chi connectivity index (χ3n) is 2.79. The summed E-state index contributed by atoms with van der Waals surface area (Å²) in [5.41, 5.74) is -1.16. The van der Waals surface area contributed by atoms with Crippen LogP contribution in [0.1, 0.15) is 18.1 Å². The van der Waals surface area contributed by atoms with Crippen LogP contribution in [0.4, 0.5) is 18.9 Å². The molecule has 1 aromatic carbocycles. The van der Waals surface area contributed by atoms with E-state index in [0.717, 1.165) is 12.1 Å². The average molecular weight is 285 g/mol. The lowest BCUT2D eigenvalue weighted by molar-refractivity contribution is -0.137. The van der Waals surface area contributed by atoms with E-state index in [4.69, 9.17) is 5.26 Å². The maximum atomic E-state index is 12.6. The quantitative estimate of drug-likeness (QED) is 0.924. The Kier molecular flexibility index (Phi) is 4.97. The zero-order valence-corrected chi connectivity index (χ0v) is 11.1. The van der Waals surface area contributed by atoms with Crippen molar-refractivity contribution >= 4 is 11.6 Å². The van der Waals surface area contributed by atoms with Crippen LogP contribution in [0, 0.1) is 11.3 Å². The normalized spacial score (nSPS) is 10.8. The molecule has 0 saturated heterocycles. The fourth-order valence-corrected chi connectivity index (χ4v) is 1.48. The molecule has 0 aliphatic heterocycles. The summed E-state index contributed by atoms with van der Waals surface area (Å²) in [6, 6.07) is 4.62. The smallest absolute Gasteiger partial charge is 0.376 e. The fraction of sp³-hybridized carbons (Fsp3) is 0.385. The second kappa shape index (κ2) is 6.28. The first kappa shape index (κ1) is 15.8. The third-order valence-corrected chi connectivity index (χ3v) is 2.79. The van der Waals surface area contributed by atoms with E-state index in [1.165, 1.54) is 17.0 Å². The van der Waals surface area contributed by atoms with E-state index in [9.17, 15) is 18.0 Å². The van der Waals surface area contributed by atoms with Crippen LogP contribution < -0.4 is 5.32 Å². The average Bonchev–Trinajstić information content (AvgIpc) is 2.42. The Hall–Kier alpha value is -2.23. The molecule has 1 amide bonds. The highest BCUT2D eigenvalue weighted by molar-refractivity contribution is 5.80. The Labute approximate surface area is 114 Å². The number of hydrogen-bond donors (Lipinski definition) is 1. The molecule has 0 heterocycles. The van der Waals surface area contributed by atoms with E-state index >= 15 is 0 Å². The standard InChI is InChI=1S/C13H14F3N3O/c1-3-19(2)12(20)8-18-10-4-5-11(13(14,15)16)9(6-10)7-17/h4-6,18H,3,8H2,1-2H3. The number of nitrogens with one attached hydrogen (secondary N) is 1. The van der Waals surface area contributed by atoms with Crippen molar-refractivity contribution < 1.29 is 18.0 Å². The van der Waals surface area contributed by atoms with Gasteiger partial charge in [0.15, 0.2) is 0 Å². The highest BCUT2D eigenvalue weighted by atomic mass is 19.4. The first-order valence-corrected chi connectivity index (χ1v) is 5.88. The van der Waals surface area contributed by atoms with Gasteiger partial charge in [-0.1, -0.05) is 0 Å². The number of nitrogens with zero attached hydrogens (tertiary/aromatic N) is 2. The summed E-state index contributed by atoms with van der Waals surface area (Å²) in [5.74, 6) is -0.189. The molecule has 1 N–H and O–H groups in total. The monoisotopic (exact) mass is 285 g/mol. The van der Waals surface area contributed by atoms with Gasteiger partial charge in [0, 0.05) is 19.3 Å². The summed E-state index contributed by atoms with van der Waals surface area (Å²) in [6.45, 7) is 2.31. The van der Waals surface area contributed by atoms with Gasteiger partial charge in [0.25, 0.3) is 0 Å². The zero-order valence-electron chi connectivity index (χ0n) is 11.1. The number of carbonyl (C=O) groups is 1. The summed E-state index contributed by atoms with van der Waals surface area (Å²) < 4.78 is 37.8. The molecule has 0 aromatic heterocycles. The van der Waals surface area contributed by atoms with Crippen molar-refractivity contribution in [1.82, 2.24) is 4.90 Å². The highest BCUT2D eigenvalue weighted by Crippen LogP contribution is 2.32. The van der Waals surface area contributed by atoms with E-state index in [0.29, 0.717) is 12.2 Å². The van der Waals surface area contributed by atoms with Gasteiger partial charge in [-0.25, -0.2) is 0 Å². The maximum Gasteiger partial charge on any atom is 0.417 e. The molecular formula is C13H14F3N3O. The molecule has 0 spiro atoms. The number of anilines is 1. The SMILES string of the molecule is CCN(C)C(=O)CNc1ccc(C(F)(F)F)c(C#N)c1. The number of likely N-dealkylation sites (N-methyl/N-ethyl adjacent to an activating group) is 1. The zero-order chi connectivity index (χ0) is 15.3. The molecule has 20 heavy (non-hydrogen) atoms. The van der Waals surface area contributed by atoms with E-state index in [2.05, 4.69) is 5.32 Å². The lowest BCUT2D eigenvalue weighted by atomic mass is 10.1. The molecule has 4 nitrogen and oxygen atoms in total. The summed E-state index contributed by atoms with van der Waals surface area (Å²) in [4.78, 5) is 13.0. The molecule has 0 bridgehead atoms. The third kappa shape index (κ3) is 3.88. The minimum absolute atomic E-state index is 0.0411. The van der Waals surface area contributed by atoms with E-state index in [1.54, 1.807) is 7.05 Å². The predicted molar refractivity (Wildman–Crippen MR) is 68.0 cm³/mol. The first-order valence-electron chi connectivity index (χ1n) is 5.88. The minimum Gasteiger partial charge on any atom is -0.376 e. The Bertz CT molecular complexity index is 535. The molecule has 0 atom stereocenters. The van der Waals surface area contributed by atoms with Crippen LogP contribution >= 0.6 is 0 Å². The van der Waals surface area contributed by atoms with Crippen LogP contribution in [0.25, 0.3) is 0 Å². The molecule has 0 radical (unpaired) electrons. The largest absolute Gasteiger partial charge is 0.417 e. The number of halogens is 3. The first-order chi connectivity index (χ1) is 9.29. The minimum atomic E-state index is -4.57. The summed E-state index contributed by atoms with van der Waals surface area (Å²) in [5, 5.41) is 11.5. The molecule has 0 fully saturated rings. The van der Waals surface area contributed by atoms with Gasteiger partial charge in [-0.2, -0.15) is 18.4 Å². The Morgan fingerprint density at radius 2 is 2.10 bits per heavy atom. The molecule has 0 aliphatic carbocycles. The number of amides is 1. The van der Waals surface area contributed by atoms with E-state index < -0.39 is 17.3 Å². The predicted octanol–water partition coefficient (Wildman–Crippen LogP) is 2.47. The maximum absolute atomic E-state index is 12.6. The van der Waals surface area contributed by atoms with Gasteiger partial charge < -0.3 is 10.2 Å². The molecule has 7 heteroatoms. The van der Waals surface area contributed by atoms with Crippen LogP contribution in [0.5, 0.6) is 0 Å². The van der Waals surface area contributed by atoms with Crippen molar-refractivity contribution in [3.05, 3.63) is 29.3 Å². The molecular weight excluding hydrogens is 271 g/mol. The summed E-state index contributed by atoms with van der Waals surface area (Å²) in [6.07, 6.45) is -4.57. The van der Waals surface area contributed by atoms with Gasteiger partial charge in [-0.15, -0.1) is 0 Å². The molecule has 108 valence electrons. The van der Waals surface area contributed by atoms with Gasteiger partial charge in [-0.3, -0.25) is 4.79 Å². The Balaban J connectivity index is 2.85. The van der Waals surface area contributed by atoms with Gasteiger partial charge in [0.05, 0.1) is 23.7 Å². The topological polar surface area (TPSA) is 56.1 Å². The van der Waals surface area contributed by atoms with Crippen LogP contribution in [0.15, 0.2) is 18.2 Å². The Morgan fingerprint density at radius 1 is 1.45 bits per heavy atom. The second-order valence-electron chi connectivity index (χ2n) is 4.13. The molecule has 0 saturated carbocycles.